The molecule has 1 unspecified atom stereocenters. The van der Waals surface area contributed by atoms with E-state index in [0.29, 0.717) is 12.3 Å². The molecule has 0 aliphatic carbocycles. The van der Waals surface area contributed by atoms with Crippen LogP contribution in [0.5, 0.6) is 0 Å². The average molecular weight is 188 g/mol. The van der Waals surface area contributed by atoms with Crippen LogP contribution in [0.4, 0.5) is 4.39 Å². The molecule has 0 aliphatic heterocycles. The van der Waals surface area contributed by atoms with Crippen molar-refractivity contribution >= 4 is 5.78 Å². The zero-order valence-electron chi connectivity index (χ0n) is 9.36. The van der Waals surface area contributed by atoms with E-state index >= 15 is 0 Å². The summed E-state index contributed by atoms with van der Waals surface area (Å²) in [4.78, 5) is 11.4. The van der Waals surface area contributed by atoms with Crippen LogP contribution in [0.15, 0.2) is 0 Å². The van der Waals surface area contributed by atoms with Gasteiger partial charge in [-0.3, -0.25) is 4.79 Å². The fourth-order valence-electron chi connectivity index (χ4n) is 1.28. The largest absolute Gasteiger partial charge is 0.296 e. The van der Waals surface area contributed by atoms with Crippen molar-refractivity contribution < 1.29 is 9.18 Å². The predicted octanol–water partition coefficient (Wildman–Crippen LogP) is 3.38. The molecular weight excluding hydrogens is 167 g/mol. The Balaban J connectivity index is 4.14. The maximum Gasteiger partial charge on any atom is 0.172 e. The van der Waals surface area contributed by atoms with E-state index in [1.54, 1.807) is 13.8 Å². The van der Waals surface area contributed by atoms with E-state index in [0.717, 1.165) is 6.42 Å². The van der Waals surface area contributed by atoms with Gasteiger partial charge in [-0.2, -0.15) is 0 Å². The molecule has 78 valence electrons. The van der Waals surface area contributed by atoms with Crippen LogP contribution in [-0.4, -0.2) is 11.5 Å². The number of Topliss-reactive ketones (excluding diaryl/α,β-unsaturated/α-hetero) is 1. The SMILES string of the molecule is CC(C)CCC(C)(F)C(=O)C(C)C. The molecule has 0 aromatic heterocycles. The number of hydrogen-bond acceptors (Lipinski definition) is 1. The van der Waals surface area contributed by atoms with Crippen molar-refractivity contribution in [2.24, 2.45) is 11.8 Å². The lowest BCUT2D eigenvalue weighted by Crippen LogP contribution is -2.34. The minimum Gasteiger partial charge on any atom is -0.296 e. The second-order valence-electron chi connectivity index (χ2n) is 4.65. The van der Waals surface area contributed by atoms with Gasteiger partial charge < -0.3 is 0 Å². The van der Waals surface area contributed by atoms with Gasteiger partial charge in [0.15, 0.2) is 11.5 Å². The summed E-state index contributed by atoms with van der Waals surface area (Å²) >= 11 is 0. The summed E-state index contributed by atoms with van der Waals surface area (Å²) in [5, 5.41) is 0. The molecule has 0 saturated carbocycles. The Morgan fingerprint density at radius 2 is 1.77 bits per heavy atom. The summed E-state index contributed by atoms with van der Waals surface area (Å²) in [6, 6.07) is 0. The second kappa shape index (κ2) is 4.73. The Kier molecular flexibility index (Phi) is 4.58. The molecule has 0 N–H and O–H groups in total. The van der Waals surface area contributed by atoms with Gasteiger partial charge in [0.2, 0.25) is 0 Å². The molecule has 2 heteroatoms. The summed E-state index contributed by atoms with van der Waals surface area (Å²) in [7, 11) is 0. The standard InChI is InChI=1S/C11H21FO/c1-8(2)6-7-11(5,12)10(13)9(3)4/h8-9H,6-7H2,1-5H3. The van der Waals surface area contributed by atoms with Gasteiger partial charge in [-0.15, -0.1) is 0 Å². The fourth-order valence-corrected chi connectivity index (χ4v) is 1.28. The summed E-state index contributed by atoms with van der Waals surface area (Å²) in [5.41, 5.74) is -1.63. The Bertz CT molecular complexity index is 171. The zero-order valence-corrected chi connectivity index (χ0v) is 9.36. The molecule has 1 atom stereocenters. The van der Waals surface area contributed by atoms with Crippen molar-refractivity contribution in [1.29, 1.82) is 0 Å². The number of hydrogen-bond donors (Lipinski definition) is 0. The van der Waals surface area contributed by atoms with E-state index in [1.165, 1.54) is 6.92 Å². The first kappa shape index (κ1) is 12.6. The van der Waals surface area contributed by atoms with E-state index in [9.17, 15) is 9.18 Å². The minimum absolute atomic E-state index is 0.206. The van der Waals surface area contributed by atoms with Crippen molar-refractivity contribution in [3.05, 3.63) is 0 Å². The number of ketones is 1. The van der Waals surface area contributed by atoms with Gasteiger partial charge in [0.25, 0.3) is 0 Å². The molecule has 0 amide bonds. The number of halogens is 1. The van der Waals surface area contributed by atoms with Gasteiger partial charge in [-0.25, -0.2) is 4.39 Å². The predicted molar refractivity (Wildman–Crippen MR) is 53.4 cm³/mol. The van der Waals surface area contributed by atoms with Crippen LogP contribution in [-0.2, 0) is 4.79 Å². The molecule has 0 spiro atoms. The molecule has 0 aliphatic rings. The highest BCUT2D eigenvalue weighted by molar-refractivity contribution is 5.88. The molecule has 0 radical (unpaired) electrons. The van der Waals surface area contributed by atoms with E-state index < -0.39 is 5.67 Å². The number of carbonyl (C=O) groups is 1. The highest BCUT2D eigenvalue weighted by Crippen LogP contribution is 2.24. The maximum atomic E-state index is 13.7. The van der Waals surface area contributed by atoms with Crippen molar-refractivity contribution in [2.45, 2.75) is 53.1 Å². The smallest absolute Gasteiger partial charge is 0.172 e. The number of alkyl halides is 1. The highest BCUT2D eigenvalue weighted by atomic mass is 19.1. The normalized spacial score (nSPS) is 16.3. The molecule has 0 aromatic carbocycles. The Morgan fingerprint density at radius 3 is 2.08 bits per heavy atom. The molecule has 1 nitrogen and oxygen atoms in total. The lowest BCUT2D eigenvalue weighted by molar-refractivity contribution is -0.133. The lowest BCUT2D eigenvalue weighted by Gasteiger charge is -2.21. The van der Waals surface area contributed by atoms with E-state index in [1.807, 2.05) is 13.8 Å². The van der Waals surface area contributed by atoms with Gasteiger partial charge in [-0.1, -0.05) is 27.7 Å². The van der Waals surface area contributed by atoms with Crippen molar-refractivity contribution in [1.82, 2.24) is 0 Å². The molecule has 0 saturated heterocycles. The van der Waals surface area contributed by atoms with E-state index in [2.05, 4.69) is 0 Å². The number of carbonyl (C=O) groups excluding carboxylic acids is 1. The first-order valence-corrected chi connectivity index (χ1v) is 5.00. The van der Waals surface area contributed by atoms with E-state index in [-0.39, 0.29) is 11.7 Å². The topological polar surface area (TPSA) is 17.1 Å². The Labute approximate surface area is 80.7 Å². The zero-order chi connectivity index (χ0) is 10.6. The van der Waals surface area contributed by atoms with Gasteiger partial charge in [0.05, 0.1) is 0 Å². The molecule has 0 fully saturated rings. The molecular formula is C11H21FO. The first-order valence-electron chi connectivity index (χ1n) is 5.00. The third kappa shape index (κ3) is 4.39. The monoisotopic (exact) mass is 188 g/mol. The van der Waals surface area contributed by atoms with Crippen molar-refractivity contribution in [2.75, 3.05) is 0 Å². The molecule has 0 rings (SSSR count). The van der Waals surface area contributed by atoms with Crippen LogP contribution in [0.25, 0.3) is 0 Å². The van der Waals surface area contributed by atoms with E-state index in [4.69, 9.17) is 0 Å². The summed E-state index contributed by atoms with van der Waals surface area (Å²) < 4.78 is 13.7. The summed E-state index contributed by atoms with van der Waals surface area (Å²) in [6.45, 7) is 8.97. The molecule has 13 heavy (non-hydrogen) atoms. The van der Waals surface area contributed by atoms with Crippen molar-refractivity contribution in [3.8, 4) is 0 Å². The van der Waals surface area contributed by atoms with Crippen LogP contribution in [0, 0.1) is 11.8 Å². The Hall–Kier alpha value is -0.400. The van der Waals surface area contributed by atoms with Crippen LogP contribution < -0.4 is 0 Å². The highest BCUT2D eigenvalue weighted by Gasteiger charge is 2.33. The van der Waals surface area contributed by atoms with Gasteiger partial charge in [0.1, 0.15) is 0 Å². The quantitative estimate of drug-likeness (QED) is 0.646. The van der Waals surface area contributed by atoms with Crippen LogP contribution >= 0.6 is 0 Å². The lowest BCUT2D eigenvalue weighted by atomic mass is 9.88. The average Bonchev–Trinajstić information content (AvgIpc) is 1.99. The van der Waals surface area contributed by atoms with Crippen LogP contribution in [0.2, 0.25) is 0 Å². The van der Waals surface area contributed by atoms with Gasteiger partial charge in [0, 0.05) is 5.92 Å². The first-order chi connectivity index (χ1) is 5.77. The summed E-state index contributed by atoms with van der Waals surface area (Å²) in [6.07, 6.45) is 1.12. The van der Waals surface area contributed by atoms with Crippen LogP contribution in [0.1, 0.15) is 47.5 Å². The molecule has 0 bridgehead atoms. The second-order valence-corrected chi connectivity index (χ2v) is 4.65. The summed E-state index contributed by atoms with van der Waals surface area (Å²) in [5.74, 6) is -0.0228. The third-order valence-corrected chi connectivity index (χ3v) is 2.23. The van der Waals surface area contributed by atoms with Gasteiger partial charge >= 0.3 is 0 Å². The minimum atomic E-state index is -1.63. The maximum absolute atomic E-state index is 13.7. The molecule has 0 aromatic rings. The third-order valence-electron chi connectivity index (χ3n) is 2.23. The Morgan fingerprint density at radius 1 is 1.31 bits per heavy atom. The molecule has 0 heterocycles. The van der Waals surface area contributed by atoms with Gasteiger partial charge in [-0.05, 0) is 25.7 Å². The number of rotatable bonds is 5. The van der Waals surface area contributed by atoms with Crippen LogP contribution in [0.3, 0.4) is 0 Å². The fraction of sp³-hybridized carbons (Fsp3) is 0.909. The van der Waals surface area contributed by atoms with Crippen molar-refractivity contribution in [3.63, 3.8) is 0 Å².